The third-order valence-corrected chi connectivity index (χ3v) is 4.92. The molecule has 0 saturated carbocycles. The van der Waals surface area contributed by atoms with E-state index in [2.05, 4.69) is 27.4 Å². The highest BCUT2D eigenvalue weighted by Gasteiger charge is 2.16. The topological polar surface area (TPSA) is 58.1 Å². The third-order valence-electron chi connectivity index (χ3n) is 4.92. The molecule has 2 heterocycles. The number of ether oxygens (including phenoxy) is 2. The third kappa shape index (κ3) is 7.04. The molecule has 3 rings (SSSR count). The van der Waals surface area contributed by atoms with Gasteiger partial charge in [0.05, 0.1) is 13.2 Å². The zero-order chi connectivity index (χ0) is 18.9. The Morgan fingerprint density at radius 3 is 2.82 bits per heavy atom. The van der Waals surface area contributed by atoms with Crippen LogP contribution < -0.4 is 15.4 Å². The average Bonchev–Trinajstić information content (AvgIpc) is 2.68. The van der Waals surface area contributed by atoms with E-state index in [1.165, 1.54) is 38.4 Å². The number of hydrogen-bond donors (Lipinski definition) is 2. The molecule has 2 N–H and O–H groups in total. The molecular formula is C20H32FIN4O2. The molecule has 28 heavy (non-hydrogen) atoms. The van der Waals surface area contributed by atoms with Crippen LogP contribution in [-0.2, 0) is 17.8 Å². The normalized spacial score (nSPS) is 17.3. The summed E-state index contributed by atoms with van der Waals surface area (Å²) >= 11 is 0. The number of aliphatic imine (C=N–C) groups is 1. The van der Waals surface area contributed by atoms with Crippen LogP contribution in [0, 0.1) is 5.82 Å². The van der Waals surface area contributed by atoms with Crippen LogP contribution in [0.25, 0.3) is 0 Å². The lowest BCUT2D eigenvalue weighted by atomic mass is 10.1. The highest BCUT2D eigenvalue weighted by Crippen LogP contribution is 2.29. The summed E-state index contributed by atoms with van der Waals surface area (Å²) in [6, 6.07) is 3.03. The van der Waals surface area contributed by atoms with Crippen LogP contribution in [0.15, 0.2) is 17.1 Å². The SMILES string of the molecule is CCNC(=NCCN1CCCCC1)NCCc1cc(F)cc2c1OCOC2.I. The lowest BCUT2D eigenvalue weighted by Gasteiger charge is -2.25. The molecular weight excluding hydrogens is 474 g/mol. The number of hydrogen-bond acceptors (Lipinski definition) is 4. The fourth-order valence-electron chi connectivity index (χ4n) is 3.59. The molecule has 0 aromatic heterocycles. The van der Waals surface area contributed by atoms with Gasteiger partial charge in [-0.2, -0.15) is 0 Å². The van der Waals surface area contributed by atoms with Gasteiger partial charge in [0.1, 0.15) is 11.6 Å². The van der Waals surface area contributed by atoms with Gasteiger partial charge in [-0.25, -0.2) is 4.39 Å². The number of guanidine groups is 1. The molecule has 1 aromatic rings. The number of nitrogens with one attached hydrogen (secondary N) is 2. The van der Waals surface area contributed by atoms with Crippen molar-refractivity contribution in [1.29, 1.82) is 0 Å². The maximum atomic E-state index is 13.8. The largest absolute Gasteiger partial charge is 0.467 e. The van der Waals surface area contributed by atoms with Gasteiger partial charge in [-0.3, -0.25) is 4.99 Å². The second-order valence-corrected chi connectivity index (χ2v) is 7.00. The molecule has 2 aliphatic rings. The second-order valence-electron chi connectivity index (χ2n) is 7.00. The van der Waals surface area contributed by atoms with Crippen LogP contribution in [0.2, 0.25) is 0 Å². The number of likely N-dealkylation sites (tertiary alicyclic amines) is 1. The Bertz CT molecular complexity index is 639. The average molecular weight is 506 g/mol. The predicted octanol–water partition coefficient (Wildman–Crippen LogP) is 2.89. The van der Waals surface area contributed by atoms with E-state index in [0.29, 0.717) is 19.6 Å². The summed E-state index contributed by atoms with van der Waals surface area (Å²) in [4.78, 5) is 7.15. The van der Waals surface area contributed by atoms with Crippen molar-refractivity contribution < 1.29 is 13.9 Å². The molecule has 1 fully saturated rings. The van der Waals surface area contributed by atoms with E-state index in [1.807, 2.05) is 0 Å². The Kier molecular flexibility index (Phi) is 10.3. The van der Waals surface area contributed by atoms with Gasteiger partial charge in [0, 0.05) is 25.2 Å². The molecule has 0 aliphatic carbocycles. The van der Waals surface area contributed by atoms with Crippen molar-refractivity contribution in [3.05, 3.63) is 29.1 Å². The first-order chi connectivity index (χ1) is 13.3. The van der Waals surface area contributed by atoms with Gasteiger partial charge in [-0.15, -0.1) is 24.0 Å². The number of fused-ring (bicyclic) bond motifs is 1. The van der Waals surface area contributed by atoms with Crippen molar-refractivity contribution in [3.8, 4) is 5.75 Å². The number of halogens is 2. The Morgan fingerprint density at radius 1 is 1.21 bits per heavy atom. The molecule has 2 aliphatic heterocycles. The van der Waals surface area contributed by atoms with Gasteiger partial charge in [0.2, 0.25) is 0 Å². The number of benzene rings is 1. The first-order valence-corrected chi connectivity index (χ1v) is 10.0. The smallest absolute Gasteiger partial charge is 0.191 e. The fraction of sp³-hybridized carbons (Fsp3) is 0.650. The van der Waals surface area contributed by atoms with E-state index in [4.69, 9.17) is 9.47 Å². The highest BCUT2D eigenvalue weighted by molar-refractivity contribution is 14.0. The molecule has 1 saturated heterocycles. The van der Waals surface area contributed by atoms with E-state index in [1.54, 1.807) is 6.07 Å². The van der Waals surface area contributed by atoms with Crippen LogP contribution in [-0.4, -0.2) is 56.9 Å². The molecule has 6 nitrogen and oxygen atoms in total. The Labute approximate surface area is 184 Å². The van der Waals surface area contributed by atoms with Gasteiger partial charge in [-0.1, -0.05) is 6.42 Å². The second kappa shape index (κ2) is 12.4. The monoisotopic (exact) mass is 506 g/mol. The van der Waals surface area contributed by atoms with Crippen molar-refractivity contribution in [2.45, 2.75) is 39.2 Å². The summed E-state index contributed by atoms with van der Waals surface area (Å²) in [5.74, 6) is 1.32. The van der Waals surface area contributed by atoms with Gasteiger partial charge in [0.25, 0.3) is 0 Å². The zero-order valence-electron chi connectivity index (χ0n) is 16.6. The van der Waals surface area contributed by atoms with Gasteiger partial charge < -0.3 is 25.0 Å². The highest BCUT2D eigenvalue weighted by atomic mass is 127. The van der Waals surface area contributed by atoms with Crippen molar-refractivity contribution in [1.82, 2.24) is 15.5 Å². The van der Waals surface area contributed by atoms with E-state index >= 15 is 0 Å². The van der Waals surface area contributed by atoms with Gasteiger partial charge >= 0.3 is 0 Å². The minimum atomic E-state index is -0.250. The summed E-state index contributed by atoms with van der Waals surface area (Å²) < 4.78 is 24.6. The van der Waals surface area contributed by atoms with Crippen LogP contribution in [0.3, 0.4) is 0 Å². The summed E-state index contributed by atoms with van der Waals surface area (Å²) in [6.07, 6.45) is 4.61. The van der Waals surface area contributed by atoms with Crippen LogP contribution >= 0.6 is 24.0 Å². The maximum absolute atomic E-state index is 13.8. The summed E-state index contributed by atoms with van der Waals surface area (Å²) in [5, 5.41) is 6.62. The van der Waals surface area contributed by atoms with Crippen molar-refractivity contribution >= 4 is 29.9 Å². The maximum Gasteiger partial charge on any atom is 0.191 e. The number of piperidine rings is 1. The Balaban J connectivity index is 0.00000280. The molecule has 0 radical (unpaired) electrons. The van der Waals surface area contributed by atoms with Crippen molar-refractivity contribution in [3.63, 3.8) is 0 Å². The van der Waals surface area contributed by atoms with E-state index in [0.717, 1.165) is 42.5 Å². The molecule has 158 valence electrons. The summed E-state index contributed by atoms with van der Waals surface area (Å²) in [5.41, 5.74) is 1.64. The van der Waals surface area contributed by atoms with Crippen LogP contribution in [0.4, 0.5) is 4.39 Å². The summed E-state index contributed by atoms with van der Waals surface area (Å²) in [7, 11) is 0. The number of rotatable bonds is 7. The molecule has 0 bridgehead atoms. The molecule has 0 spiro atoms. The van der Waals surface area contributed by atoms with Gasteiger partial charge in [-0.05, 0) is 57.0 Å². The van der Waals surface area contributed by atoms with Crippen molar-refractivity contribution in [2.24, 2.45) is 4.99 Å². The Morgan fingerprint density at radius 2 is 2.04 bits per heavy atom. The lowest BCUT2D eigenvalue weighted by molar-refractivity contribution is -0.0172. The quantitative estimate of drug-likeness (QED) is 0.339. The van der Waals surface area contributed by atoms with E-state index in [-0.39, 0.29) is 36.6 Å². The lowest BCUT2D eigenvalue weighted by Crippen LogP contribution is -2.39. The number of nitrogens with zero attached hydrogens (tertiary/aromatic N) is 2. The fourth-order valence-corrected chi connectivity index (χ4v) is 3.59. The van der Waals surface area contributed by atoms with E-state index in [9.17, 15) is 4.39 Å². The molecule has 0 unspecified atom stereocenters. The predicted molar refractivity (Wildman–Crippen MR) is 120 cm³/mol. The van der Waals surface area contributed by atoms with Gasteiger partial charge in [0.15, 0.2) is 12.8 Å². The molecule has 0 amide bonds. The minimum Gasteiger partial charge on any atom is -0.467 e. The zero-order valence-corrected chi connectivity index (χ0v) is 19.0. The van der Waals surface area contributed by atoms with Crippen molar-refractivity contribution in [2.75, 3.05) is 46.1 Å². The minimum absolute atomic E-state index is 0. The molecule has 1 aromatic carbocycles. The first kappa shape index (κ1) is 23.2. The molecule has 0 atom stereocenters. The molecule has 8 heteroatoms. The standard InChI is InChI=1S/C20H31FN4O2.HI/c1-2-22-20(24-8-11-25-9-4-3-5-10-25)23-7-6-16-12-18(21)13-17-14-26-15-27-19(16)17;/h12-13H,2-11,14-15H2,1H3,(H2,22,23,24);1H. The summed E-state index contributed by atoms with van der Waals surface area (Å²) in [6.45, 7) is 8.31. The Hall–Kier alpha value is -1.13. The van der Waals surface area contributed by atoms with Crippen LogP contribution in [0.5, 0.6) is 5.75 Å². The van der Waals surface area contributed by atoms with Crippen LogP contribution in [0.1, 0.15) is 37.3 Å². The first-order valence-electron chi connectivity index (χ1n) is 10.0. The van der Waals surface area contributed by atoms with E-state index < -0.39 is 0 Å².